The van der Waals surface area contributed by atoms with Crippen LogP contribution >= 0.6 is 11.3 Å². The number of anilines is 1. The third kappa shape index (κ3) is 2.10. The Bertz CT molecular complexity index is 313. The van der Waals surface area contributed by atoms with Gasteiger partial charge in [0.2, 0.25) is 0 Å². The summed E-state index contributed by atoms with van der Waals surface area (Å²) in [6.45, 7) is 8.92. The van der Waals surface area contributed by atoms with Crippen LogP contribution in [0.15, 0.2) is 11.1 Å². The summed E-state index contributed by atoms with van der Waals surface area (Å²) in [4.78, 5) is 6.95. The summed E-state index contributed by atoms with van der Waals surface area (Å²) in [6.07, 6.45) is 0. The Hall–Kier alpha value is -0.830. The van der Waals surface area contributed by atoms with Crippen molar-refractivity contribution in [2.45, 2.75) is 27.7 Å². The van der Waals surface area contributed by atoms with Crippen molar-refractivity contribution in [1.82, 2.24) is 0 Å². The first-order valence-corrected chi connectivity index (χ1v) is 5.45. The quantitative estimate of drug-likeness (QED) is 0.676. The number of fused-ring (bicyclic) bond motifs is 1. The van der Waals surface area contributed by atoms with E-state index in [9.17, 15) is 0 Å². The normalized spacial score (nSPS) is 13.4. The first-order chi connectivity index (χ1) is 6.27. The van der Waals surface area contributed by atoms with E-state index in [0.29, 0.717) is 0 Å². The molecule has 1 aromatic heterocycles. The number of aliphatic imine (C=N–C) groups is 1. The molecule has 1 aliphatic rings. The molecule has 0 aromatic carbocycles. The molecule has 0 unspecified atom stereocenters. The lowest BCUT2D eigenvalue weighted by Crippen LogP contribution is -2.09. The van der Waals surface area contributed by atoms with Gasteiger partial charge in [-0.25, -0.2) is 0 Å². The van der Waals surface area contributed by atoms with Gasteiger partial charge in [-0.15, -0.1) is 11.3 Å². The molecule has 0 amide bonds. The first kappa shape index (κ1) is 10.3. The van der Waals surface area contributed by atoms with Crippen molar-refractivity contribution in [1.29, 1.82) is 0 Å². The van der Waals surface area contributed by atoms with Gasteiger partial charge in [-0.2, -0.15) is 0 Å². The molecule has 1 aliphatic heterocycles. The zero-order valence-corrected chi connectivity index (χ0v) is 9.46. The Morgan fingerprint density at radius 1 is 1.38 bits per heavy atom. The standard InChI is InChI=1S/C8H10N2S.C2H6/c1-5-3-7-8(11-5)6(2)9-4-10-7;1-2/h3,10H,4H2,1-2H3;1-2H3. The second-order valence-corrected chi connectivity index (χ2v) is 3.93. The van der Waals surface area contributed by atoms with Gasteiger partial charge in [0.1, 0.15) is 6.67 Å². The highest BCUT2D eigenvalue weighted by molar-refractivity contribution is 7.14. The number of hydrogen-bond acceptors (Lipinski definition) is 3. The van der Waals surface area contributed by atoms with E-state index >= 15 is 0 Å². The largest absolute Gasteiger partial charge is 0.365 e. The molecule has 0 radical (unpaired) electrons. The number of nitrogens with zero attached hydrogens (tertiary/aromatic N) is 1. The molecule has 1 N–H and O–H groups in total. The molecular formula is C10H16N2S. The molecule has 0 fully saturated rings. The summed E-state index contributed by atoms with van der Waals surface area (Å²) in [6, 6.07) is 2.18. The molecule has 2 nitrogen and oxygen atoms in total. The fourth-order valence-electron chi connectivity index (χ4n) is 1.23. The van der Waals surface area contributed by atoms with Crippen LogP contribution in [-0.4, -0.2) is 12.4 Å². The maximum atomic E-state index is 4.30. The second kappa shape index (κ2) is 4.42. The minimum Gasteiger partial charge on any atom is -0.365 e. The summed E-state index contributed by atoms with van der Waals surface area (Å²) in [5, 5.41) is 3.24. The monoisotopic (exact) mass is 196 g/mol. The highest BCUT2D eigenvalue weighted by Crippen LogP contribution is 2.29. The first-order valence-electron chi connectivity index (χ1n) is 4.63. The molecule has 0 aliphatic carbocycles. The van der Waals surface area contributed by atoms with E-state index in [-0.39, 0.29) is 0 Å². The zero-order valence-electron chi connectivity index (χ0n) is 8.64. The maximum Gasteiger partial charge on any atom is 0.108 e. The Balaban J connectivity index is 0.000000396. The highest BCUT2D eigenvalue weighted by atomic mass is 32.1. The van der Waals surface area contributed by atoms with Gasteiger partial charge in [0.05, 0.1) is 16.3 Å². The molecule has 2 heterocycles. The lowest BCUT2D eigenvalue weighted by atomic mass is 10.2. The van der Waals surface area contributed by atoms with Crippen molar-refractivity contribution in [3.8, 4) is 0 Å². The molecule has 0 saturated carbocycles. The van der Waals surface area contributed by atoms with E-state index in [2.05, 4.69) is 30.2 Å². The molecule has 0 bridgehead atoms. The number of thiophene rings is 1. The summed E-state index contributed by atoms with van der Waals surface area (Å²) >= 11 is 1.80. The Kier molecular flexibility index (Phi) is 3.48. The molecule has 72 valence electrons. The third-order valence-corrected chi connectivity index (χ3v) is 2.93. The van der Waals surface area contributed by atoms with Gasteiger partial charge in [-0.1, -0.05) is 13.8 Å². The summed E-state index contributed by atoms with van der Waals surface area (Å²) in [5.74, 6) is 0. The number of aryl methyl sites for hydroxylation is 1. The topological polar surface area (TPSA) is 24.4 Å². The van der Waals surface area contributed by atoms with Crippen LogP contribution in [0.4, 0.5) is 5.69 Å². The van der Waals surface area contributed by atoms with Gasteiger partial charge >= 0.3 is 0 Å². The van der Waals surface area contributed by atoms with E-state index in [4.69, 9.17) is 0 Å². The molecule has 3 heteroatoms. The molecule has 1 aromatic rings. The second-order valence-electron chi connectivity index (χ2n) is 2.68. The number of hydrogen-bond donors (Lipinski definition) is 1. The average Bonchev–Trinajstić information content (AvgIpc) is 2.51. The molecule has 13 heavy (non-hydrogen) atoms. The van der Waals surface area contributed by atoms with Crippen molar-refractivity contribution >= 4 is 22.7 Å². The highest BCUT2D eigenvalue weighted by Gasteiger charge is 2.12. The van der Waals surface area contributed by atoms with E-state index < -0.39 is 0 Å². The predicted octanol–water partition coefficient (Wildman–Crippen LogP) is 3.27. The average molecular weight is 196 g/mol. The van der Waals surface area contributed by atoms with Gasteiger partial charge in [0.15, 0.2) is 0 Å². The fourth-order valence-corrected chi connectivity index (χ4v) is 2.18. The summed E-state index contributed by atoms with van der Waals surface area (Å²) in [7, 11) is 0. The fraction of sp³-hybridized carbons (Fsp3) is 0.500. The molecule has 2 rings (SSSR count). The van der Waals surface area contributed by atoms with Gasteiger partial charge < -0.3 is 5.32 Å². The van der Waals surface area contributed by atoms with Crippen LogP contribution < -0.4 is 5.32 Å². The molecule has 0 saturated heterocycles. The Labute approximate surface area is 83.7 Å². The summed E-state index contributed by atoms with van der Waals surface area (Å²) in [5.41, 5.74) is 2.41. The predicted molar refractivity (Wildman–Crippen MR) is 61.1 cm³/mol. The maximum absolute atomic E-state index is 4.30. The molecule has 0 atom stereocenters. The van der Waals surface area contributed by atoms with Crippen LogP contribution in [0.1, 0.15) is 30.5 Å². The minimum atomic E-state index is 0.731. The van der Waals surface area contributed by atoms with Gasteiger partial charge in [0, 0.05) is 4.88 Å². The van der Waals surface area contributed by atoms with Crippen molar-refractivity contribution in [3.05, 3.63) is 15.8 Å². The Morgan fingerprint density at radius 2 is 2.08 bits per heavy atom. The van der Waals surface area contributed by atoms with Crippen molar-refractivity contribution in [3.63, 3.8) is 0 Å². The number of nitrogens with one attached hydrogen (secondary N) is 1. The van der Waals surface area contributed by atoms with Crippen LogP contribution in [0.5, 0.6) is 0 Å². The van der Waals surface area contributed by atoms with Crippen LogP contribution in [0.25, 0.3) is 0 Å². The third-order valence-electron chi connectivity index (χ3n) is 1.77. The summed E-state index contributed by atoms with van der Waals surface area (Å²) < 4.78 is 0. The number of rotatable bonds is 0. The van der Waals surface area contributed by atoms with E-state index in [1.807, 2.05) is 13.8 Å². The molecule has 0 spiro atoms. The van der Waals surface area contributed by atoms with Crippen LogP contribution in [0.2, 0.25) is 0 Å². The van der Waals surface area contributed by atoms with Crippen molar-refractivity contribution < 1.29 is 0 Å². The lowest BCUT2D eigenvalue weighted by Gasteiger charge is -2.10. The van der Waals surface area contributed by atoms with E-state index in [1.165, 1.54) is 15.4 Å². The van der Waals surface area contributed by atoms with Gasteiger partial charge in [-0.05, 0) is 19.9 Å². The zero-order chi connectivity index (χ0) is 9.84. The van der Waals surface area contributed by atoms with Crippen LogP contribution in [0.3, 0.4) is 0 Å². The van der Waals surface area contributed by atoms with Crippen molar-refractivity contribution in [2.75, 3.05) is 12.0 Å². The minimum absolute atomic E-state index is 0.731. The van der Waals surface area contributed by atoms with Crippen molar-refractivity contribution in [2.24, 2.45) is 4.99 Å². The van der Waals surface area contributed by atoms with E-state index in [1.54, 1.807) is 11.3 Å². The SMILES string of the molecule is CC.CC1=NCNc2cc(C)sc21. The van der Waals surface area contributed by atoms with Crippen LogP contribution in [-0.2, 0) is 0 Å². The smallest absolute Gasteiger partial charge is 0.108 e. The van der Waals surface area contributed by atoms with Gasteiger partial charge in [0.25, 0.3) is 0 Å². The Morgan fingerprint density at radius 3 is 2.69 bits per heavy atom. The molecular weight excluding hydrogens is 180 g/mol. The van der Waals surface area contributed by atoms with E-state index in [0.717, 1.165) is 12.4 Å². The van der Waals surface area contributed by atoms with Crippen LogP contribution in [0, 0.1) is 6.92 Å². The van der Waals surface area contributed by atoms with Gasteiger partial charge in [-0.3, -0.25) is 4.99 Å². The lowest BCUT2D eigenvalue weighted by molar-refractivity contribution is 1.12.